The number of imide groups is 1. The third-order valence-electron chi connectivity index (χ3n) is 4.30. The first-order valence-electron chi connectivity index (χ1n) is 8.41. The normalized spacial score (nSPS) is 15.6. The molecule has 1 aliphatic rings. The number of urea groups is 1. The minimum atomic E-state index is -0.915. The van der Waals surface area contributed by atoms with Crippen LogP contribution in [0, 0.1) is 6.92 Å². The summed E-state index contributed by atoms with van der Waals surface area (Å²) < 4.78 is 0.836. The molecule has 1 aliphatic heterocycles. The molecule has 2 N–H and O–H groups in total. The van der Waals surface area contributed by atoms with E-state index in [0.29, 0.717) is 5.56 Å². The Morgan fingerprint density at radius 1 is 0.964 bits per heavy atom. The first-order chi connectivity index (χ1) is 13.4. The maximum atomic E-state index is 12.9. The van der Waals surface area contributed by atoms with Gasteiger partial charge in [-0.3, -0.25) is 24.8 Å². The molecule has 3 aromatic rings. The number of fused-ring (bicyclic) bond motifs is 1. The molecule has 0 saturated carbocycles. The zero-order valence-electron chi connectivity index (χ0n) is 14.7. The van der Waals surface area contributed by atoms with Crippen LogP contribution in [-0.2, 0) is 4.79 Å². The van der Waals surface area contributed by atoms with E-state index in [9.17, 15) is 19.2 Å². The van der Waals surface area contributed by atoms with Crippen LogP contribution >= 0.6 is 0 Å². The molecule has 0 atom stereocenters. The molecule has 0 saturated heterocycles. The summed E-state index contributed by atoms with van der Waals surface area (Å²) in [7, 11) is 0. The third kappa shape index (κ3) is 2.96. The fourth-order valence-corrected chi connectivity index (χ4v) is 3.03. The Bertz CT molecular complexity index is 1330. The molecule has 8 heteroatoms. The lowest BCUT2D eigenvalue weighted by Crippen LogP contribution is -2.44. The number of nitrogens with zero attached hydrogens (tertiary/aromatic N) is 2. The number of rotatable bonds is 1. The summed E-state index contributed by atoms with van der Waals surface area (Å²) >= 11 is 0. The molecule has 28 heavy (non-hydrogen) atoms. The molecule has 3 amide bonds. The zero-order valence-corrected chi connectivity index (χ0v) is 14.7. The number of H-pyrrole nitrogens is 1. The number of hydrogen-bond donors (Lipinski definition) is 2. The quantitative estimate of drug-likeness (QED) is 0.630. The summed E-state index contributed by atoms with van der Waals surface area (Å²) in [6.45, 7) is 1.90. The van der Waals surface area contributed by atoms with Crippen LogP contribution in [0.1, 0.15) is 11.1 Å². The van der Waals surface area contributed by atoms with Gasteiger partial charge in [0.25, 0.3) is 17.0 Å². The highest BCUT2D eigenvalue weighted by molar-refractivity contribution is 6.31. The van der Waals surface area contributed by atoms with Crippen molar-refractivity contribution in [2.45, 2.75) is 6.92 Å². The molecule has 138 valence electrons. The van der Waals surface area contributed by atoms with E-state index in [0.717, 1.165) is 10.2 Å². The number of carbonyl (C=O) groups excluding carboxylic acids is 2. The van der Waals surface area contributed by atoms with Gasteiger partial charge in [0.15, 0.2) is 5.84 Å². The number of nitrogens with one attached hydrogen (secondary N) is 2. The van der Waals surface area contributed by atoms with Crippen molar-refractivity contribution in [3.05, 3.63) is 85.9 Å². The summed E-state index contributed by atoms with van der Waals surface area (Å²) in [5.74, 6) is -0.944. The molecular weight excluding hydrogens is 360 g/mol. The largest absolute Gasteiger partial charge is 0.349 e. The van der Waals surface area contributed by atoms with Crippen molar-refractivity contribution in [2.75, 3.05) is 0 Å². The first kappa shape index (κ1) is 17.3. The van der Waals surface area contributed by atoms with Crippen LogP contribution in [0.25, 0.3) is 16.8 Å². The van der Waals surface area contributed by atoms with E-state index >= 15 is 0 Å². The summed E-state index contributed by atoms with van der Waals surface area (Å²) in [6.07, 6.45) is 1.51. The summed E-state index contributed by atoms with van der Waals surface area (Å²) in [4.78, 5) is 53.3. The molecule has 4 rings (SSSR count). The average molecular weight is 374 g/mol. The van der Waals surface area contributed by atoms with E-state index in [1.807, 2.05) is 25.1 Å². The smallest absolute Gasteiger partial charge is 0.272 e. The van der Waals surface area contributed by atoms with Crippen molar-refractivity contribution in [3.63, 3.8) is 0 Å². The summed E-state index contributed by atoms with van der Waals surface area (Å²) in [6, 6.07) is 12.7. The summed E-state index contributed by atoms with van der Waals surface area (Å²) in [5, 5.41) is 4.86. The highest BCUT2D eigenvalue weighted by Gasteiger charge is 2.27. The van der Waals surface area contributed by atoms with Gasteiger partial charge in [-0.1, -0.05) is 42.0 Å². The molecular formula is C20H14N4O4. The van der Waals surface area contributed by atoms with E-state index in [4.69, 9.17) is 0 Å². The van der Waals surface area contributed by atoms with Gasteiger partial charge in [-0.25, -0.2) is 4.79 Å². The number of aliphatic imine (C=N–C) groups is 1. The topological polar surface area (TPSA) is 113 Å². The standard InChI is InChI=1S/C20H14N4O4/c1-11-5-4-6-12(9-11)10-15-16(21-20(28)22-17(15)25)24-19(27)14-8-3-2-7-13(14)18(26)23-24/h2-10H,1H3,(H,23,26)(H,22,25,28)/b15-10-. The lowest BCUT2D eigenvalue weighted by Gasteiger charge is -2.17. The van der Waals surface area contributed by atoms with Gasteiger partial charge in [0, 0.05) is 0 Å². The Morgan fingerprint density at radius 2 is 1.71 bits per heavy atom. The van der Waals surface area contributed by atoms with Crippen molar-refractivity contribution in [1.29, 1.82) is 0 Å². The van der Waals surface area contributed by atoms with Gasteiger partial charge in [-0.2, -0.15) is 9.67 Å². The van der Waals surface area contributed by atoms with Crippen LogP contribution in [0.5, 0.6) is 0 Å². The van der Waals surface area contributed by atoms with Crippen LogP contribution in [0.15, 0.2) is 68.7 Å². The van der Waals surface area contributed by atoms with Crippen molar-refractivity contribution in [2.24, 2.45) is 4.99 Å². The van der Waals surface area contributed by atoms with E-state index in [-0.39, 0.29) is 22.2 Å². The Hall–Kier alpha value is -4.07. The highest BCUT2D eigenvalue weighted by Crippen LogP contribution is 2.14. The maximum Gasteiger partial charge on any atom is 0.349 e. The predicted octanol–water partition coefficient (Wildman–Crippen LogP) is 1.58. The molecule has 8 nitrogen and oxygen atoms in total. The number of aryl methyl sites for hydroxylation is 1. The maximum absolute atomic E-state index is 12.9. The molecule has 1 aromatic heterocycles. The van der Waals surface area contributed by atoms with Crippen LogP contribution in [0.2, 0.25) is 0 Å². The van der Waals surface area contributed by atoms with Gasteiger partial charge in [0.1, 0.15) is 0 Å². The molecule has 2 heterocycles. The fourth-order valence-electron chi connectivity index (χ4n) is 3.03. The second-order valence-electron chi connectivity index (χ2n) is 6.29. The van der Waals surface area contributed by atoms with E-state index < -0.39 is 23.1 Å². The minimum absolute atomic E-state index is 0.0155. The Balaban J connectivity index is 1.98. The van der Waals surface area contributed by atoms with Crippen LogP contribution in [-0.4, -0.2) is 27.6 Å². The number of hydrogen-bond acceptors (Lipinski definition) is 4. The van der Waals surface area contributed by atoms with Crippen molar-refractivity contribution >= 4 is 34.6 Å². The number of aromatic nitrogens is 2. The van der Waals surface area contributed by atoms with Crippen molar-refractivity contribution in [1.82, 2.24) is 15.1 Å². The van der Waals surface area contributed by atoms with E-state index in [1.165, 1.54) is 18.2 Å². The first-order valence-corrected chi connectivity index (χ1v) is 8.41. The number of carbonyl (C=O) groups is 2. The molecule has 0 unspecified atom stereocenters. The Labute approximate surface area is 157 Å². The van der Waals surface area contributed by atoms with Crippen molar-refractivity contribution < 1.29 is 9.59 Å². The lowest BCUT2D eigenvalue weighted by atomic mass is 10.1. The van der Waals surface area contributed by atoms with Gasteiger partial charge < -0.3 is 0 Å². The highest BCUT2D eigenvalue weighted by atomic mass is 16.2. The lowest BCUT2D eigenvalue weighted by molar-refractivity contribution is -0.116. The average Bonchev–Trinajstić information content (AvgIpc) is 2.67. The fraction of sp³-hybridized carbons (Fsp3) is 0.0500. The predicted molar refractivity (Wildman–Crippen MR) is 104 cm³/mol. The molecule has 0 fully saturated rings. The van der Waals surface area contributed by atoms with Gasteiger partial charge >= 0.3 is 6.03 Å². The number of aromatic amines is 1. The Kier molecular flexibility index (Phi) is 4.08. The molecule has 0 bridgehead atoms. The second kappa shape index (κ2) is 6.58. The van der Waals surface area contributed by atoms with Gasteiger partial charge in [-0.05, 0) is 30.7 Å². The van der Waals surface area contributed by atoms with E-state index in [2.05, 4.69) is 15.4 Å². The number of amides is 3. The van der Waals surface area contributed by atoms with Crippen LogP contribution in [0.3, 0.4) is 0 Å². The minimum Gasteiger partial charge on any atom is -0.272 e. The molecule has 0 aliphatic carbocycles. The molecule has 0 radical (unpaired) electrons. The second-order valence-corrected chi connectivity index (χ2v) is 6.29. The third-order valence-corrected chi connectivity index (χ3v) is 4.30. The van der Waals surface area contributed by atoms with E-state index in [1.54, 1.807) is 18.2 Å². The number of benzene rings is 2. The SMILES string of the molecule is Cc1cccc(/C=C2\C(=O)NC(=O)N=C2n2[nH]c(=O)c3ccccc3c2=O)c1. The zero-order chi connectivity index (χ0) is 19.8. The van der Waals surface area contributed by atoms with Crippen molar-refractivity contribution in [3.8, 4) is 0 Å². The monoisotopic (exact) mass is 374 g/mol. The van der Waals surface area contributed by atoms with Gasteiger partial charge in [0.2, 0.25) is 0 Å². The van der Waals surface area contributed by atoms with Gasteiger partial charge in [-0.15, -0.1) is 0 Å². The molecule has 2 aromatic carbocycles. The molecule has 0 spiro atoms. The van der Waals surface area contributed by atoms with Crippen LogP contribution < -0.4 is 16.4 Å². The summed E-state index contributed by atoms with van der Waals surface area (Å²) in [5.41, 5.74) is 0.510. The van der Waals surface area contributed by atoms with Gasteiger partial charge in [0.05, 0.1) is 16.3 Å². The Morgan fingerprint density at radius 3 is 2.46 bits per heavy atom. The van der Waals surface area contributed by atoms with Crippen LogP contribution in [0.4, 0.5) is 4.79 Å².